The van der Waals surface area contributed by atoms with Gasteiger partial charge in [0.05, 0.1) is 0 Å². The molecule has 0 spiro atoms. The van der Waals surface area contributed by atoms with Crippen LogP contribution in [0.15, 0.2) is 29.2 Å². The van der Waals surface area contributed by atoms with Gasteiger partial charge in [-0.3, -0.25) is 0 Å². The van der Waals surface area contributed by atoms with Crippen molar-refractivity contribution in [1.82, 2.24) is 5.32 Å². The molecule has 3 atom stereocenters. The number of hydrogen-bond donors (Lipinski definition) is 1. The average molecular weight is 275 g/mol. The van der Waals surface area contributed by atoms with Gasteiger partial charge in [-0.25, -0.2) is 0 Å². The lowest BCUT2D eigenvalue weighted by Crippen LogP contribution is -2.33. The largest absolute Gasteiger partial charge is 0.314 e. The topological polar surface area (TPSA) is 12.0 Å². The van der Waals surface area contributed by atoms with Crippen LogP contribution in [0.4, 0.5) is 0 Å². The van der Waals surface area contributed by atoms with Gasteiger partial charge in [0.15, 0.2) is 0 Å². The highest BCUT2D eigenvalue weighted by atomic mass is 32.2. The van der Waals surface area contributed by atoms with Gasteiger partial charge in [0.1, 0.15) is 0 Å². The quantitative estimate of drug-likeness (QED) is 0.853. The van der Waals surface area contributed by atoms with Gasteiger partial charge in [-0.1, -0.05) is 31.5 Å². The number of fused-ring (bicyclic) bond motifs is 1. The minimum Gasteiger partial charge on any atom is -0.314 e. The Hall–Kier alpha value is -0.470. The lowest BCUT2D eigenvalue weighted by atomic mass is 9.87. The van der Waals surface area contributed by atoms with Crippen molar-refractivity contribution in [3.8, 4) is 0 Å². The number of hydrogen-bond acceptors (Lipinski definition) is 2. The highest BCUT2D eigenvalue weighted by Crippen LogP contribution is 2.44. The zero-order chi connectivity index (χ0) is 13.1. The molecule has 1 aliphatic heterocycles. The first kappa shape index (κ1) is 13.5. The summed E-state index contributed by atoms with van der Waals surface area (Å²) in [6, 6.07) is 9.82. The summed E-state index contributed by atoms with van der Waals surface area (Å²) in [7, 11) is 0. The van der Waals surface area contributed by atoms with Gasteiger partial charge in [0, 0.05) is 16.7 Å². The Morgan fingerprint density at radius 1 is 1.26 bits per heavy atom. The fourth-order valence-electron chi connectivity index (χ4n) is 3.71. The van der Waals surface area contributed by atoms with Gasteiger partial charge in [0.2, 0.25) is 0 Å². The minimum absolute atomic E-state index is 0.790. The van der Waals surface area contributed by atoms with Crippen LogP contribution in [-0.4, -0.2) is 18.3 Å². The van der Waals surface area contributed by atoms with Crippen molar-refractivity contribution >= 4 is 11.8 Å². The van der Waals surface area contributed by atoms with E-state index in [0.717, 1.165) is 17.9 Å². The van der Waals surface area contributed by atoms with Crippen LogP contribution in [0.3, 0.4) is 0 Å². The molecular formula is C17H25NS. The number of rotatable bonds is 5. The molecule has 0 saturated heterocycles. The Morgan fingerprint density at radius 3 is 3.05 bits per heavy atom. The first-order chi connectivity index (χ1) is 9.38. The van der Waals surface area contributed by atoms with E-state index in [0.29, 0.717) is 0 Å². The lowest BCUT2D eigenvalue weighted by Gasteiger charge is -2.24. The maximum Gasteiger partial charge on any atom is 0.0107 e. The van der Waals surface area contributed by atoms with Crippen molar-refractivity contribution < 1.29 is 0 Å². The summed E-state index contributed by atoms with van der Waals surface area (Å²) in [5, 5.41) is 3.77. The van der Waals surface area contributed by atoms with Crippen LogP contribution in [0, 0.1) is 5.92 Å². The average Bonchev–Trinajstić information content (AvgIpc) is 3.05. The highest BCUT2D eigenvalue weighted by Gasteiger charge is 2.32. The fraction of sp³-hybridized carbons (Fsp3) is 0.647. The van der Waals surface area contributed by atoms with Crippen molar-refractivity contribution in [2.75, 3.05) is 12.3 Å². The third-order valence-corrected chi connectivity index (χ3v) is 5.95. The highest BCUT2D eigenvalue weighted by molar-refractivity contribution is 7.99. The molecule has 2 heteroatoms. The third-order valence-electron chi connectivity index (χ3n) is 4.70. The number of benzene rings is 1. The summed E-state index contributed by atoms with van der Waals surface area (Å²) < 4.78 is 0. The van der Waals surface area contributed by atoms with Gasteiger partial charge < -0.3 is 5.32 Å². The molecule has 1 saturated carbocycles. The predicted molar refractivity (Wildman–Crippen MR) is 83.9 cm³/mol. The first-order valence-corrected chi connectivity index (χ1v) is 8.82. The first-order valence-electron chi connectivity index (χ1n) is 7.83. The van der Waals surface area contributed by atoms with E-state index in [9.17, 15) is 0 Å². The molecule has 1 aromatic carbocycles. The van der Waals surface area contributed by atoms with E-state index < -0.39 is 0 Å². The van der Waals surface area contributed by atoms with Crippen LogP contribution < -0.4 is 5.32 Å². The summed E-state index contributed by atoms with van der Waals surface area (Å²) in [5.74, 6) is 3.01. The summed E-state index contributed by atoms with van der Waals surface area (Å²) in [6.07, 6.45) is 6.90. The van der Waals surface area contributed by atoms with Crippen LogP contribution in [0.2, 0.25) is 0 Å². The van der Waals surface area contributed by atoms with Gasteiger partial charge >= 0.3 is 0 Å². The van der Waals surface area contributed by atoms with Gasteiger partial charge in [0.25, 0.3) is 0 Å². The molecule has 3 unspecified atom stereocenters. The second-order valence-electron chi connectivity index (χ2n) is 6.03. The molecule has 2 aliphatic rings. The molecule has 1 nitrogen and oxygen atoms in total. The molecule has 1 N–H and O–H groups in total. The second kappa shape index (κ2) is 6.32. The molecule has 0 bridgehead atoms. The maximum absolute atomic E-state index is 3.77. The molecule has 1 aliphatic carbocycles. The number of nitrogens with one attached hydrogen (secondary N) is 1. The molecule has 0 aromatic heterocycles. The molecule has 1 heterocycles. The van der Waals surface area contributed by atoms with Crippen LogP contribution >= 0.6 is 11.8 Å². The standard InChI is InChI=1S/C17H25NS/c1-2-10-18-16-8-5-6-13(16)11-14-12-19-17-9-4-3-7-15(14)17/h3-4,7,9,13-14,16,18H,2,5-6,8,10-12H2,1H3. The SMILES string of the molecule is CCCNC1CCCC1CC1CSc2ccccc21. The van der Waals surface area contributed by atoms with Crippen molar-refractivity contribution in [1.29, 1.82) is 0 Å². The van der Waals surface area contributed by atoms with Gasteiger partial charge in [-0.2, -0.15) is 0 Å². The van der Waals surface area contributed by atoms with Crippen molar-refractivity contribution in [3.63, 3.8) is 0 Å². The van der Waals surface area contributed by atoms with Crippen LogP contribution in [0.1, 0.15) is 50.5 Å². The second-order valence-corrected chi connectivity index (χ2v) is 7.09. The van der Waals surface area contributed by atoms with E-state index in [1.165, 1.54) is 49.3 Å². The Labute approximate surface area is 121 Å². The smallest absolute Gasteiger partial charge is 0.0107 e. The molecule has 19 heavy (non-hydrogen) atoms. The summed E-state index contributed by atoms with van der Waals surface area (Å²) in [4.78, 5) is 1.53. The Balaban J connectivity index is 1.62. The molecule has 1 fully saturated rings. The Kier molecular flexibility index (Phi) is 4.49. The van der Waals surface area contributed by atoms with Crippen LogP contribution in [-0.2, 0) is 0 Å². The van der Waals surface area contributed by atoms with Gasteiger partial charge in [-0.15, -0.1) is 11.8 Å². The van der Waals surface area contributed by atoms with Crippen molar-refractivity contribution in [2.24, 2.45) is 5.92 Å². The summed E-state index contributed by atoms with van der Waals surface area (Å²) in [6.45, 7) is 3.46. The molecule has 104 valence electrons. The normalized spacial score (nSPS) is 29.6. The monoisotopic (exact) mass is 275 g/mol. The summed E-state index contributed by atoms with van der Waals surface area (Å²) in [5.41, 5.74) is 1.62. The Bertz CT molecular complexity index is 417. The van der Waals surface area contributed by atoms with Crippen molar-refractivity contribution in [3.05, 3.63) is 29.8 Å². The minimum atomic E-state index is 0.790. The zero-order valence-electron chi connectivity index (χ0n) is 11.9. The molecule has 0 amide bonds. The van der Waals surface area contributed by atoms with E-state index in [2.05, 4.69) is 48.3 Å². The third kappa shape index (κ3) is 3.00. The van der Waals surface area contributed by atoms with Gasteiger partial charge in [-0.05, 0) is 55.7 Å². The lowest BCUT2D eigenvalue weighted by molar-refractivity contribution is 0.362. The van der Waals surface area contributed by atoms with E-state index in [1.54, 1.807) is 5.56 Å². The summed E-state index contributed by atoms with van der Waals surface area (Å²) >= 11 is 2.06. The Morgan fingerprint density at radius 2 is 2.16 bits per heavy atom. The zero-order valence-corrected chi connectivity index (χ0v) is 12.7. The maximum atomic E-state index is 3.77. The van der Waals surface area contributed by atoms with E-state index >= 15 is 0 Å². The van der Waals surface area contributed by atoms with Crippen LogP contribution in [0.25, 0.3) is 0 Å². The fourth-order valence-corrected chi connectivity index (χ4v) is 4.98. The van der Waals surface area contributed by atoms with E-state index in [1.807, 2.05) is 0 Å². The van der Waals surface area contributed by atoms with E-state index in [-0.39, 0.29) is 0 Å². The van der Waals surface area contributed by atoms with Crippen molar-refractivity contribution in [2.45, 2.75) is 55.9 Å². The molecule has 0 radical (unpaired) electrons. The predicted octanol–water partition coefficient (Wildman–Crippen LogP) is 4.43. The molecular weight excluding hydrogens is 250 g/mol. The molecule has 1 aromatic rings. The molecule has 3 rings (SSSR count). The van der Waals surface area contributed by atoms with E-state index in [4.69, 9.17) is 0 Å². The number of thioether (sulfide) groups is 1. The van der Waals surface area contributed by atoms with Crippen LogP contribution in [0.5, 0.6) is 0 Å².